The lowest BCUT2D eigenvalue weighted by atomic mass is 9.93. The highest BCUT2D eigenvalue weighted by Gasteiger charge is 2.49. The van der Waals surface area contributed by atoms with Crippen molar-refractivity contribution in [3.63, 3.8) is 0 Å². The van der Waals surface area contributed by atoms with Crippen LogP contribution in [0, 0.1) is 6.92 Å². The first-order valence-electron chi connectivity index (χ1n) is 11.1. The maximum atomic E-state index is 15.6. The van der Waals surface area contributed by atoms with Gasteiger partial charge in [-0.3, -0.25) is 4.79 Å². The molecule has 1 aliphatic rings. The first-order valence-corrected chi connectivity index (χ1v) is 14.1. The van der Waals surface area contributed by atoms with Crippen LogP contribution in [-0.2, 0) is 30.6 Å². The van der Waals surface area contributed by atoms with Crippen molar-refractivity contribution in [1.29, 1.82) is 0 Å². The highest BCUT2D eigenvalue weighted by molar-refractivity contribution is 7.93. The first-order chi connectivity index (χ1) is 16.4. The molecular weight excluding hydrogens is 522 g/mol. The van der Waals surface area contributed by atoms with E-state index in [2.05, 4.69) is 5.32 Å². The van der Waals surface area contributed by atoms with E-state index in [4.69, 9.17) is 0 Å². The highest BCUT2D eigenvalue weighted by Crippen LogP contribution is 2.41. The fourth-order valence-corrected chi connectivity index (χ4v) is 7.30. The summed E-state index contributed by atoms with van der Waals surface area (Å²) in [6.45, 7) is 3.83. The first kappa shape index (κ1) is 28.1. The zero-order chi connectivity index (χ0) is 27.2. The molecule has 0 bridgehead atoms. The Hall–Kier alpha value is -2.47. The standard InChI is InChI=1S/C24H27F4NO5S2/c1-16-6-4-8-19(14-16)36(33,34)23(25)12-10-18(11-13-23)29-21(30)22(2,3)35(31,32)20-9-5-7-17(15-20)24(26,27)28/h4-9,14-15,18H,10-13H2,1-3H3,(H,29,30)/t18-,23+. The summed E-state index contributed by atoms with van der Waals surface area (Å²) in [5, 5.41) is -0.0239. The molecule has 1 amide bonds. The molecular formula is C24H27F4NO5S2. The third-order valence-electron chi connectivity index (χ3n) is 6.54. The van der Waals surface area contributed by atoms with E-state index in [9.17, 15) is 34.8 Å². The summed E-state index contributed by atoms with van der Waals surface area (Å²) in [5.41, 5.74) is -0.508. The van der Waals surface area contributed by atoms with Gasteiger partial charge in [0.15, 0.2) is 9.84 Å². The highest BCUT2D eigenvalue weighted by atomic mass is 32.2. The Morgan fingerprint density at radius 1 is 0.944 bits per heavy atom. The third-order valence-corrected chi connectivity index (χ3v) is 11.2. The second-order valence-corrected chi connectivity index (χ2v) is 14.2. The van der Waals surface area contributed by atoms with Crippen LogP contribution in [0.5, 0.6) is 0 Å². The zero-order valence-electron chi connectivity index (χ0n) is 19.9. The van der Waals surface area contributed by atoms with E-state index in [0.717, 1.165) is 32.0 Å². The molecule has 0 unspecified atom stereocenters. The van der Waals surface area contributed by atoms with Gasteiger partial charge in [-0.15, -0.1) is 0 Å². The van der Waals surface area contributed by atoms with E-state index < -0.39 is 70.8 Å². The number of benzene rings is 2. The lowest BCUT2D eigenvalue weighted by molar-refractivity contribution is -0.137. The Balaban J connectivity index is 1.74. The van der Waals surface area contributed by atoms with E-state index in [1.807, 2.05) is 0 Å². The molecule has 0 saturated heterocycles. The summed E-state index contributed by atoms with van der Waals surface area (Å²) in [5.74, 6) is -0.974. The monoisotopic (exact) mass is 549 g/mol. The van der Waals surface area contributed by atoms with Crippen LogP contribution < -0.4 is 5.32 Å². The lowest BCUT2D eigenvalue weighted by Crippen LogP contribution is -2.53. The van der Waals surface area contributed by atoms with Crippen molar-refractivity contribution in [2.45, 2.75) is 78.2 Å². The topological polar surface area (TPSA) is 97.4 Å². The van der Waals surface area contributed by atoms with Gasteiger partial charge in [-0.25, -0.2) is 21.2 Å². The molecule has 0 aromatic heterocycles. The molecule has 2 aromatic carbocycles. The maximum Gasteiger partial charge on any atom is 0.416 e. The van der Waals surface area contributed by atoms with Crippen LogP contribution >= 0.6 is 0 Å². The van der Waals surface area contributed by atoms with Crippen molar-refractivity contribution in [1.82, 2.24) is 5.32 Å². The number of alkyl halides is 4. The van der Waals surface area contributed by atoms with Gasteiger partial charge >= 0.3 is 6.18 Å². The van der Waals surface area contributed by atoms with Crippen LogP contribution in [0.15, 0.2) is 58.3 Å². The largest absolute Gasteiger partial charge is 0.416 e. The number of carbonyl (C=O) groups is 1. The number of aryl methyl sites for hydroxylation is 1. The van der Waals surface area contributed by atoms with Gasteiger partial charge in [-0.05, 0) is 82.3 Å². The van der Waals surface area contributed by atoms with E-state index in [1.165, 1.54) is 18.2 Å². The number of hydrogen-bond acceptors (Lipinski definition) is 5. The maximum absolute atomic E-state index is 15.6. The van der Waals surface area contributed by atoms with Gasteiger partial charge in [0, 0.05) is 6.04 Å². The number of carbonyl (C=O) groups excluding carboxylic acids is 1. The average molecular weight is 550 g/mol. The minimum atomic E-state index is -4.77. The number of rotatable bonds is 6. The number of hydrogen-bond donors (Lipinski definition) is 1. The van der Waals surface area contributed by atoms with Crippen molar-refractivity contribution in [2.24, 2.45) is 0 Å². The van der Waals surface area contributed by atoms with Gasteiger partial charge in [0.2, 0.25) is 20.7 Å². The quantitative estimate of drug-likeness (QED) is 0.524. The van der Waals surface area contributed by atoms with E-state index in [0.29, 0.717) is 11.6 Å². The van der Waals surface area contributed by atoms with Gasteiger partial charge in [0.25, 0.3) is 0 Å². The second-order valence-electron chi connectivity index (χ2n) is 9.49. The Labute approximate surface area is 207 Å². The summed E-state index contributed by atoms with van der Waals surface area (Å²) in [6, 6.07) is 8.32. The molecule has 12 heteroatoms. The minimum absolute atomic E-state index is 0.0625. The minimum Gasteiger partial charge on any atom is -0.352 e. The van der Waals surface area contributed by atoms with Crippen molar-refractivity contribution in [3.8, 4) is 0 Å². The smallest absolute Gasteiger partial charge is 0.352 e. The molecule has 198 valence electrons. The van der Waals surface area contributed by atoms with Crippen molar-refractivity contribution in [3.05, 3.63) is 59.7 Å². The summed E-state index contributed by atoms with van der Waals surface area (Å²) >= 11 is 0. The fraction of sp³-hybridized carbons (Fsp3) is 0.458. The molecule has 2 aromatic rings. The van der Waals surface area contributed by atoms with Crippen LogP contribution in [0.3, 0.4) is 0 Å². The molecule has 0 heterocycles. The molecule has 1 N–H and O–H groups in total. The molecule has 3 rings (SSSR count). The second kappa shape index (κ2) is 9.44. The normalized spacial score (nSPS) is 21.7. The van der Waals surface area contributed by atoms with Crippen molar-refractivity contribution in [2.75, 3.05) is 0 Å². The van der Waals surface area contributed by atoms with Gasteiger partial charge in [-0.2, -0.15) is 13.2 Å². The summed E-state index contributed by atoms with van der Waals surface area (Å²) in [7, 11) is -8.85. The summed E-state index contributed by atoms with van der Waals surface area (Å²) < 4.78 is 105. The lowest BCUT2D eigenvalue weighted by Gasteiger charge is -2.35. The molecule has 0 aliphatic heterocycles. The number of nitrogens with one attached hydrogen (secondary N) is 1. The molecule has 36 heavy (non-hydrogen) atoms. The fourth-order valence-electron chi connectivity index (χ4n) is 4.07. The summed E-state index contributed by atoms with van der Waals surface area (Å²) in [6.07, 6.45) is -5.71. The van der Waals surface area contributed by atoms with Crippen LogP contribution in [0.25, 0.3) is 0 Å². The van der Waals surface area contributed by atoms with E-state index in [1.54, 1.807) is 13.0 Å². The Morgan fingerprint density at radius 2 is 1.50 bits per heavy atom. The van der Waals surface area contributed by atoms with Gasteiger partial charge in [0.1, 0.15) is 4.75 Å². The van der Waals surface area contributed by atoms with Gasteiger partial charge < -0.3 is 5.32 Å². The molecule has 0 radical (unpaired) electrons. The van der Waals surface area contributed by atoms with Crippen molar-refractivity contribution < 1.29 is 39.2 Å². The molecule has 6 nitrogen and oxygen atoms in total. The zero-order valence-corrected chi connectivity index (χ0v) is 21.5. The number of sulfone groups is 2. The van der Waals surface area contributed by atoms with E-state index >= 15 is 4.39 Å². The predicted molar refractivity (Wildman–Crippen MR) is 125 cm³/mol. The molecule has 0 atom stereocenters. The Morgan fingerprint density at radius 3 is 2.06 bits per heavy atom. The predicted octanol–water partition coefficient (Wildman–Crippen LogP) is 4.76. The Kier molecular flexibility index (Phi) is 7.37. The number of amides is 1. The third kappa shape index (κ3) is 5.15. The molecule has 0 spiro atoms. The molecule has 1 saturated carbocycles. The number of halogens is 4. The van der Waals surface area contributed by atoms with Gasteiger partial charge in [-0.1, -0.05) is 18.2 Å². The van der Waals surface area contributed by atoms with Crippen LogP contribution in [0.1, 0.15) is 50.7 Å². The van der Waals surface area contributed by atoms with Crippen molar-refractivity contribution >= 4 is 25.6 Å². The van der Waals surface area contributed by atoms with Crippen LogP contribution in [0.2, 0.25) is 0 Å². The summed E-state index contributed by atoms with van der Waals surface area (Å²) in [4.78, 5) is 12.1. The molecule has 1 fully saturated rings. The van der Waals surface area contributed by atoms with Crippen LogP contribution in [-0.4, -0.2) is 38.5 Å². The average Bonchev–Trinajstić information content (AvgIpc) is 2.80. The molecule has 1 aliphatic carbocycles. The SMILES string of the molecule is Cc1cccc(S(=O)(=O)[C@]2(F)CC[C@H](NC(=O)C(C)(C)S(=O)(=O)c3cccc(C(F)(F)F)c3)CC2)c1. The van der Waals surface area contributed by atoms with E-state index in [-0.39, 0.29) is 17.7 Å². The van der Waals surface area contributed by atoms with Crippen LogP contribution in [0.4, 0.5) is 17.6 Å². The van der Waals surface area contributed by atoms with Gasteiger partial charge in [0.05, 0.1) is 15.4 Å². The Bertz CT molecular complexity index is 1360.